The Hall–Kier alpha value is -1.96. The highest BCUT2D eigenvalue weighted by molar-refractivity contribution is 5.79. The predicted molar refractivity (Wildman–Crippen MR) is 65.0 cm³/mol. The molecule has 1 aliphatic carbocycles. The van der Waals surface area contributed by atoms with E-state index >= 15 is 0 Å². The van der Waals surface area contributed by atoms with Gasteiger partial charge >= 0.3 is 0 Å². The molecule has 0 N–H and O–H groups in total. The van der Waals surface area contributed by atoms with E-state index in [1.54, 1.807) is 4.90 Å². The van der Waals surface area contributed by atoms with Gasteiger partial charge in [-0.15, -0.1) is 0 Å². The molecule has 1 saturated carbocycles. The molecule has 0 bridgehead atoms. The van der Waals surface area contributed by atoms with Gasteiger partial charge in [0.2, 0.25) is 5.91 Å². The summed E-state index contributed by atoms with van der Waals surface area (Å²) < 4.78 is 26.6. The summed E-state index contributed by atoms with van der Waals surface area (Å²) in [7, 11) is 0. The largest absolute Gasteiger partial charge is 0.338 e. The molecule has 100 valence electrons. The van der Waals surface area contributed by atoms with Crippen LogP contribution in [0.15, 0.2) is 18.2 Å². The quantitative estimate of drug-likeness (QED) is 0.819. The number of hydrogen-bond acceptors (Lipinski definition) is 2. The van der Waals surface area contributed by atoms with Crippen molar-refractivity contribution in [3.63, 3.8) is 0 Å². The summed E-state index contributed by atoms with van der Waals surface area (Å²) in [6.45, 7) is 0.358. The Bertz CT molecular complexity index is 521. The Morgan fingerprint density at radius 2 is 2.16 bits per heavy atom. The summed E-state index contributed by atoms with van der Waals surface area (Å²) >= 11 is 0. The van der Waals surface area contributed by atoms with Crippen molar-refractivity contribution in [2.45, 2.75) is 31.7 Å². The van der Waals surface area contributed by atoms with E-state index < -0.39 is 11.6 Å². The van der Waals surface area contributed by atoms with Crippen LogP contribution in [0.3, 0.4) is 0 Å². The standard InChI is InChI=1S/C14H14F2N2O/c15-12-4-1-3-10(14(12)16)9-13(19)18(8-2-7-17)11-5-6-11/h1,3-4,11H,2,5-6,8-9H2. The van der Waals surface area contributed by atoms with Gasteiger partial charge in [0.25, 0.3) is 0 Å². The van der Waals surface area contributed by atoms with Crippen molar-refractivity contribution in [2.24, 2.45) is 0 Å². The molecule has 0 heterocycles. The molecule has 1 aliphatic rings. The molecule has 0 unspecified atom stereocenters. The first-order chi connectivity index (χ1) is 9.13. The molecule has 0 saturated heterocycles. The van der Waals surface area contributed by atoms with Gasteiger partial charge in [-0.05, 0) is 18.9 Å². The van der Waals surface area contributed by atoms with Crippen LogP contribution in [-0.4, -0.2) is 23.4 Å². The lowest BCUT2D eigenvalue weighted by Gasteiger charge is -2.21. The van der Waals surface area contributed by atoms with Gasteiger partial charge in [-0.3, -0.25) is 4.79 Å². The van der Waals surface area contributed by atoms with Crippen LogP contribution in [0.1, 0.15) is 24.8 Å². The minimum Gasteiger partial charge on any atom is -0.338 e. The fourth-order valence-electron chi connectivity index (χ4n) is 2.02. The average molecular weight is 264 g/mol. The van der Waals surface area contributed by atoms with E-state index in [0.717, 1.165) is 18.9 Å². The normalized spacial score (nSPS) is 13.9. The van der Waals surface area contributed by atoms with Gasteiger partial charge in [-0.25, -0.2) is 8.78 Å². The van der Waals surface area contributed by atoms with E-state index in [9.17, 15) is 13.6 Å². The fourth-order valence-corrected chi connectivity index (χ4v) is 2.02. The number of carbonyl (C=O) groups is 1. The van der Waals surface area contributed by atoms with Crippen LogP contribution in [0, 0.1) is 23.0 Å². The zero-order valence-electron chi connectivity index (χ0n) is 10.4. The molecule has 19 heavy (non-hydrogen) atoms. The molecule has 1 aromatic rings. The maximum Gasteiger partial charge on any atom is 0.227 e. The van der Waals surface area contributed by atoms with Gasteiger partial charge in [-0.2, -0.15) is 5.26 Å². The molecule has 0 atom stereocenters. The monoisotopic (exact) mass is 264 g/mol. The summed E-state index contributed by atoms with van der Waals surface area (Å²) in [5.41, 5.74) is 0.0626. The van der Waals surface area contributed by atoms with Crippen LogP contribution in [-0.2, 0) is 11.2 Å². The Morgan fingerprint density at radius 1 is 1.42 bits per heavy atom. The van der Waals surface area contributed by atoms with Crippen LogP contribution in [0.25, 0.3) is 0 Å². The van der Waals surface area contributed by atoms with E-state index in [4.69, 9.17) is 5.26 Å². The molecule has 5 heteroatoms. The van der Waals surface area contributed by atoms with E-state index in [0.29, 0.717) is 6.54 Å². The molecule has 1 aromatic carbocycles. The number of nitrogens with zero attached hydrogens (tertiary/aromatic N) is 2. The summed E-state index contributed by atoms with van der Waals surface area (Å²) in [6.07, 6.45) is 1.94. The molecule has 0 spiro atoms. The number of halogens is 2. The number of amides is 1. The van der Waals surface area contributed by atoms with E-state index in [2.05, 4.69) is 0 Å². The number of benzene rings is 1. The van der Waals surface area contributed by atoms with Crippen LogP contribution >= 0.6 is 0 Å². The molecular formula is C14H14F2N2O. The van der Waals surface area contributed by atoms with Crippen LogP contribution in [0.4, 0.5) is 8.78 Å². The minimum absolute atomic E-state index is 0.0626. The zero-order valence-corrected chi connectivity index (χ0v) is 10.4. The van der Waals surface area contributed by atoms with Crippen molar-refractivity contribution >= 4 is 5.91 Å². The third kappa shape index (κ3) is 3.28. The van der Waals surface area contributed by atoms with Crippen molar-refractivity contribution < 1.29 is 13.6 Å². The molecule has 1 amide bonds. The highest BCUT2D eigenvalue weighted by Gasteiger charge is 2.32. The number of hydrogen-bond donors (Lipinski definition) is 0. The van der Waals surface area contributed by atoms with Crippen LogP contribution < -0.4 is 0 Å². The Morgan fingerprint density at radius 3 is 2.79 bits per heavy atom. The molecule has 1 fully saturated rings. The zero-order chi connectivity index (χ0) is 13.8. The summed E-state index contributed by atoms with van der Waals surface area (Å²) in [6, 6.07) is 5.98. The lowest BCUT2D eigenvalue weighted by molar-refractivity contribution is -0.131. The number of rotatable bonds is 5. The SMILES string of the molecule is N#CCCN(C(=O)Cc1cccc(F)c1F)C1CC1. The van der Waals surface area contributed by atoms with Crippen molar-refractivity contribution in [1.82, 2.24) is 4.90 Å². The maximum atomic E-state index is 13.5. The van der Waals surface area contributed by atoms with Crippen LogP contribution in [0.2, 0.25) is 0 Å². The highest BCUT2D eigenvalue weighted by Crippen LogP contribution is 2.27. The minimum atomic E-state index is -0.966. The molecular weight excluding hydrogens is 250 g/mol. The second kappa shape index (κ2) is 5.79. The topological polar surface area (TPSA) is 44.1 Å². The third-order valence-corrected chi connectivity index (χ3v) is 3.15. The smallest absolute Gasteiger partial charge is 0.227 e. The van der Waals surface area contributed by atoms with E-state index in [1.807, 2.05) is 6.07 Å². The molecule has 0 aromatic heterocycles. The van der Waals surface area contributed by atoms with Crippen LogP contribution in [0.5, 0.6) is 0 Å². The Labute approximate surface area is 110 Å². The number of nitriles is 1. The predicted octanol–water partition coefficient (Wildman–Crippen LogP) is 2.41. The summed E-state index contributed by atoms with van der Waals surface area (Å²) in [4.78, 5) is 13.7. The maximum absolute atomic E-state index is 13.5. The molecule has 0 radical (unpaired) electrons. The van der Waals surface area contributed by atoms with Gasteiger partial charge in [0.05, 0.1) is 18.9 Å². The van der Waals surface area contributed by atoms with Gasteiger partial charge in [0.1, 0.15) is 0 Å². The summed E-state index contributed by atoms with van der Waals surface area (Å²) in [5, 5.41) is 8.57. The van der Waals surface area contributed by atoms with E-state index in [-0.39, 0.29) is 30.4 Å². The lowest BCUT2D eigenvalue weighted by atomic mass is 10.1. The summed E-state index contributed by atoms with van der Waals surface area (Å²) in [5.74, 6) is -2.16. The molecule has 2 rings (SSSR count). The van der Waals surface area contributed by atoms with E-state index in [1.165, 1.54) is 12.1 Å². The highest BCUT2D eigenvalue weighted by atomic mass is 19.2. The molecule has 3 nitrogen and oxygen atoms in total. The fraction of sp³-hybridized carbons (Fsp3) is 0.429. The Balaban J connectivity index is 2.06. The average Bonchev–Trinajstić information content (AvgIpc) is 3.20. The third-order valence-electron chi connectivity index (χ3n) is 3.15. The van der Waals surface area contributed by atoms with Gasteiger partial charge in [0.15, 0.2) is 11.6 Å². The van der Waals surface area contributed by atoms with Crippen molar-refractivity contribution in [2.75, 3.05) is 6.54 Å². The Kier molecular flexibility index (Phi) is 4.10. The van der Waals surface area contributed by atoms with Gasteiger partial charge in [-0.1, -0.05) is 12.1 Å². The first kappa shape index (κ1) is 13.5. The number of carbonyl (C=O) groups excluding carboxylic acids is 1. The molecule has 0 aliphatic heterocycles. The first-order valence-corrected chi connectivity index (χ1v) is 6.22. The van der Waals surface area contributed by atoms with Gasteiger partial charge in [0, 0.05) is 18.2 Å². The second-order valence-corrected chi connectivity index (χ2v) is 4.62. The first-order valence-electron chi connectivity index (χ1n) is 6.22. The second-order valence-electron chi connectivity index (χ2n) is 4.62. The lowest BCUT2D eigenvalue weighted by Crippen LogP contribution is -2.35. The van der Waals surface area contributed by atoms with Crippen molar-refractivity contribution in [1.29, 1.82) is 5.26 Å². The van der Waals surface area contributed by atoms with Crippen molar-refractivity contribution in [3.05, 3.63) is 35.4 Å². The van der Waals surface area contributed by atoms with Gasteiger partial charge < -0.3 is 4.90 Å². The van der Waals surface area contributed by atoms with Crippen molar-refractivity contribution in [3.8, 4) is 6.07 Å².